The average Bonchev–Trinajstić information content (AvgIpc) is 3.50. The molecule has 0 saturated heterocycles. The van der Waals surface area contributed by atoms with Crippen molar-refractivity contribution in [2.24, 2.45) is 0 Å². The molecule has 45 heavy (non-hydrogen) atoms. The van der Waals surface area contributed by atoms with Gasteiger partial charge in [0.1, 0.15) is 0 Å². The number of aromatic nitrogens is 1. The van der Waals surface area contributed by atoms with E-state index in [1.807, 2.05) is 54.6 Å². The molecule has 0 saturated carbocycles. The van der Waals surface area contributed by atoms with Crippen molar-refractivity contribution < 1.29 is 18.8 Å². The fourth-order valence-corrected chi connectivity index (χ4v) is 5.85. The third kappa shape index (κ3) is 8.61. The van der Waals surface area contributed by atoms with Crippen molar-refractivity contribution in [1.29, 1.82) is 0 Å². The maximum atomic E-state index is 12.6. The second-order valence-corrected chi connectivity index (χ2v) is 15.5. The monoisotopic (exact) mass is 640 g/mol. The maximum Gasteiger partial charge on any atom is 0.251 e. The first-order valence-corrected chi connectivity index (χ1v) is 17.6. The highest BCUT2D eigenvalue weighted by Gasteiger charge is 2.22. The Morgan fingerprint density at radius 2 is 1.58 bits per heavy atom. The fraction of sp³-hybridized carbons (Fsp3) is 0.243. The van der Waals surface area contributed by atoms with Gasteiger partial charge >= 0.3 is 0 Å². The van der Waals surface area contributed by atoms with Crippen molar-refractivity contribution in [2.75, 3.05) is 19.4 Å². The van der Waals surface area contributed by atoms with Gasteiger partial charge in [-0.15, -0.1) is 0 Å². The number of nitrogens with one attached hydrogen (secondary N) is 1. The molecular formula is C37H38ClN2O4P. The molecule has 1 aromatic heterocycles. The molecule has 4 aromatic carbocycles. The van der Waals surface area contributed by atoms with E-state index in [1.165, 1.54) is 12.2 Å². The van der Waals surface area contributed by atoms with E-state index in [-0.39, 0.29) is 29.9 Å². The van der Waals surface area contributed by atoms with Crippen LogP contribution < -0.4 is 5.32 Å². The predicted molar refractivity (Wildman–Crippen MR) is 182 cm³/mol. The molecule has 1 heterocycles. The van der Waals surface area contributed by atoms with Gasteiger partial charge in [-0.05, 0) is 70.0 Å². The van der Waals surface area contributed by atoms with E-state index in [4.69, 9.17) is 16.1 Å². The predicted octanol–water partition coefficient (Wildman–Crippen LogP) is 8.96. The van der Waals surface area contributed by atoms with E-state index < -0.39 is 7.37 Å². The third-order valence-corrected chi connectivity index (χ3v) is 9.16. The molecule has 0 bridgehead atoms. The van der Waals surface area contributed by atoms with E-state index in [2.05, 4.69) is 67.6 Å². The molecule has 5 aromatic rings. The molecule has 232 valence electrons. The summed E-state index contributed by atoms with van der Waals surface area (Å²) in [5, 5.41) is 7.97. The number of halogens is 1. The molecule has 0 fully saturated rings. The van der Waals surface area contributed by atoms with Gasteiger partial charge in [0.2, 0.25) is 0 Å². The van der Waals surface area contributed by atoms with Crippen LogP contribution >= 0.6 is 19.0 Å². The second kappa shape index (κ2) is 13.6. The average molecular weight is 641 g/mol. The zero-order valence-electron chi connectivity index (χ0n) is 26.0. The van der Waals surface area contributed by atoms with Crippen molar-refractivity contribution in [3.05, 3.63) is 136 Å². The van der Waals surface area contributed by atoms with Crippen LogP contribution in [-0.2, 0) is 16.4 Å². The van der Waals surface area contributed by atoms with Crippen molar-refractivity contribution >= 4 is 24.9 Å². The minimum absolute atomic E-state index is 0.0336. The Kier molecular flexibility index (Phi) is 9.79. The highest BCUT2D eigenvalue weighted by atomic mass is 35.5. The van der Waals surface area contributed by atoms with Crippen LogP contribution in [-0.4, -0.2) is 35.3 Å². The van der Waals surface area contributed by atoms with Gasteiger partial charge in [0.15, 0.2) is 13.1 Å². The van der Waals surface area contributed by atoms with Crippen LogP contribution in [0.4, 0.5) is 0 Å². The lowest BCUT2D eigenvalue weighted by Crippen LogP contribution is -2.26. The number of amides is 1. The molecular weight excluding hydrogens is 603 g/mol. The van der Waals surface area contributed by atoms with E-state index in [9.17, 15) is 14.3 Å². The number of nitrogens with zero attached hydrogens (tertiary/aromatic N) is 1. The third-order valence-electron chi connectivity index (χ3n) is 7.86. The molecule has 0 radical (unpaired) electrons. The standard InChI is InChI=1S/C37H38ClN2O4P/c1-37(2,3)31-16-12-27(13-17-31)33(22-25-8-10-28(11-9-25)36(41)39-20-21-45(4,42)43)34-24-35(44-40-34)30-7-5-6-29(23-30)26-14-18-32(38)19-15-26/h5-19,23-24,33H,20-22H2,1-4H3,(H,39,41)(H,42,43). The second-order valence-electron chi connectivity index (χ2n) is 12.6. The van der Waals surface area contributed by atoms with Gasteiger partial charge in [0, 0.05) is 47.5 Å². The van der Waals surface area contributed by atoms with Crippen LogP contribution in [0.5, 0.6) is 0 Å². The number of carbonyl (C=O) groups is 1. The van der Waals surface area contributed by atoms with Crippen LogP contribution in [0.3, 0.4) is 0 Å². The Morgan fingerprint density at radius 3 is 2.22 bits per heavy atom. The van der Waals surface area contributed by atoms with E-state index in [1.54, 1.807) is 12.1 Å². The fourth-order valence-electron chi connectivity index (χ4n) is 5.20. The van der Waals surface area contributed by atoms with Gasteiger partial charge in [-0.1, -0.05) is 104 Å². The summed E-state index contributed by atoms with van der Waals surface area (Å²) >= 11 is 6.09. The first-order valence-electron chi connectivity index (χ1n) is 15.0. The SMILES string of the molecule is CC(C)(C)c1ccc(C(Cc2ccc(C(=O)NCCP(C)(=O)O)cc2)c2cc(-c3cccc(-c4ccc(Cl)cc4)c3)on2)cc1. The van der Waals surface area contributed by atoms with Gasteiger partial charge < -0.3 is 14.7 Å². The molecule has 0 aliphatic carbocycles. The van der Waals surface area contributed by atoms with Crippen LogP contribution in [0.1, 0.15) is 59.4 Å². The molecule has 6 nitrogen and oxygen atoms in total. The highest BCUT2D eigenvalue weighted by molar-refractivity contribution is 7.57. The molecule has 8 heteroatoms. The molecule has 5 rings (SSSR count). The zero-order valence-corrected chi connectivity index (χ0v) is 27.6. The van der Waals surface area contributed by atoms with E-state index in [0.29, 0.717) is 22.8 Å². The van der Waals surface area contributed by atoms with E-state index in [0.717, 1.165) is 33.5 Å². The normalized spacial score (nSPS) is 13.6. The molecule has 2 atom stereocenters. The number of rotatable bonds is 10. The van der Waals surface area contributed by atoms with Gasteiger partial charge in [-0.25, -0.2) is 0 Å². The van der Waals surface area contributed by atoms with Crippen LogP contribution in [0.15, 0.2) is 108 Å². The van der Waals surface area contributed by atoms with Crippen molar-refractivity contribution in [3.63, 3.8) is 0 Å². The Labute approximate surface area is 269 Å². The highest BCUT2D eigenvalue weighted by Crippen LogP contribution is 2.35. The summed E-state index contributed by atoms with van der Waals surface area (Å²) in [6.07, 6.45) is 0.689. The molecule has 1 amide bonds. The van der Waals surface area contributed by atoms with E-state index >= 15 is 0 Å². The molecule has 2 N–H and O–H groups in total. The van der Waals surface area contributed by atoms with Gasteiger partial charge in [-0.2, -0.15) is 0 Å². The zero-order chi connectivity index (χ0) is 32.2. The minimum atomic E-state index is -3.18. The number of hydrogen-bond donors (Lipinski definition) is 2. The number of benzene rings is 4. The maximum absolute atomic E-state index is 12.6. The Bertz CT molecular complexity index is 1800. The minimum Gasteiger partial charge on any atom is -0.356 e. The number of hydrogen-bond acceptors (Lipinski definition) is 4. The lowest BCUT2D eigenvalue weighted by molar-refractivity contribution is 0.0956. The largest absolute Gasteiger partial charge is 0.356 e. The first kappa shape index (κ1) is 32.4. The molecule has 2 unspecified atom stereocenters. The van der Waals surface area contributed by atoms with Crippen LogP contribution in [0, 0.1) is 0 Å². The van der Waals surface area contributed by atoms with Crippen LogP contribution in [0.25, 0.3) is 22.5 Å². The summed E-state index contributed by atoms with van der Waals surface area (Å²) in [6.45, 7) is 8.03. The lowest BCUT2D eigenvalue weighted by atomic mass is 9.83. The van der Waals surface area contributed by atoms with Gasteiger partial charge in [-0.3, -0.25) is 9.36 Å². The van der Waals surface area contributed by atoms with Crippen LogP contribution in [0.2, 0.25) is 5.02 Å². The summed E-state index contributed by atoms with van der Waals surface area (Å²) in [7, 11) is -3.18. The van der Waals surface area contributed by atoms with Gasteiger partial charge in [0.25, 0.3) is 5.91 Å². The van der Waals surface area contributed by atoms with Crippen molar-refractivity contribution in [3.8, 4) is 22.5 Å². The Hall–Kier alpha value is -3.96. The molecule has 0 spiro atoms. The topological polar surface area (TPSA) is 92.4 Å². The summed E-state index contributed by atoms with van der Waals surface area (Å²) < 4.78 is 17.5. The quantitative estimate of drug-likeness (QED) is 0.149. The lowest BCUT2D eigenvalue weighted by Gasteiger charge is -2.21. The molecule has 0 aliphatic heterocycles. The number of carbonyl (C=O) groups excluding carboxylic acids is 1. The summed E-state index contributed by atoms with van der Waals surface area (Å²) in [5.41, 5.74) is 7.81. The molecule has 0 aliphatic rings. The van der Waals surface area contributed by atoms with Crippen molar-refractivity contribution in [1.82, 2.24) is 10.5 Å². The first-order chi connectivity index (χ1) is 21.4. The summed E-state index contributed by atoms with van der Waals surface area (Å²) in [4.78, 5) is 22.1. The Morgan fingerprint density at radius 1 is 0.911 bits per heavy atom. The van der Waals surface area contributed by atoms with Crippen molar-refractivity contribution in [2.45, 2.75) is 38.5 Å². The van der Waals surface area contributed by atoms with Gasteiger partial charge in [0.05, 0.1) is 5.69 Å². The summed E-state index contributed by atoms with van der Waals surface area (Å²) in [5.74, 6) is 0.328. The Balaban J connectivity index is 1.41. The summed E-state index contributed by atoms with van der Waals surface area (Å²) in [6, 6.07) is 34.1. The smallest absolute Gasteiger partial charge is 0.251 e.